The number of rotatable bonds is 5. The van der Waals surface area contributed by atoms with Crippen LogP contribution in [0, 0.1) is 30.0 Å². The fraction of sp³-hybridized carbons (Fsp3) is 0.368. The number of hydrogen-bond acceptors (Lipinski definition) is 5. The van der Waals surface area contributed by atoms with E-state index < -0.39 is 15.8 Å². The molecule has 2 aromatic rings. The molecule has 0 bridgehead atoms. The molecule has 2 heterocycles. The number of nitriles is 1. The van der Waals surface area contributed by atoms with Crippen molar-refractivity contribution in [3.05, 3.63) is 53.5 Å². The van der Waals surface area contributed by atoms with Gasteiger partial charge in [0.25, 0.3) is 0 Å². The molecule has 0 amide bonds. The monoisotopic (exact) mass is 389 g/mol. The highest BCUT2D eigenvalue weighted by atomic mass is 32.2. The van der Waals surface area contributed by atoms with Gasteiger partial charge in [-0.1, -0.05) is 0 Å². The van der Waals surface area contributed by atoms with Crippen LogP contribution in [-0.4, -0.2) is 37.4 Å². The predicted octanol–water partition coefficient (Wildman–Crippen LogP) is 2.88. The van der Waals surface area contributed by atoms with Gasteiger partial charge in [0.1, 0.15) is 5.82 Å². The molecule has 0 radical (unpaired) electrons. The van der Waals surface area contributed by atoms with E-state index in [1.54, 1.807) is 19.1 Å². The lowest BCUT2D eigenvalue weighted by Crippen LogP contribution is -2.41. The van der Waals surface area contributed by atoms with Crippen LogP contribution in [-0.2, 0) is 10.0 Å². The minimum Gasteiger partial charge on any atom is -0.477 e. The summed E-state index contributed by atoms with van der Waals surface area (Å²) in [6, 6.07) is 9.01. The van der Waals surface area contributed by atoms with Crippen molar-refractivity contribution in [2.45, 2.75) is 24.7 Å². The number of aryl methyl sites for hydroxylation is 1. The number of pyridine rings is 1. The Hall–Kier alpha value is -2.50. The summed E-state index contributed by atoms with van der Waals surface area (Å²) in [7, 11) is -3.68. The van der Waals surface area contributed by atoms with E-state index in [1.165, 1.54) is 28.7 Å². The van der Waals surface area contributed by atoms with Gasteiger partial charge < -0.3 is 4.74 Å². The third kappa shape index (κ3) is 4.43. The van der Waals surface area contributed by atoms with Crippen molar-refractivity contribution in [3.8, 4) is 11.9 Å². The Balaban J connectivity index is 1.68. The number of aromatic nitrogens is 1. The van der Waals surface area contributed by atoms with Crippen LogP contribution in [0.4, 0.5) is 4.39 Å². The summed E-state index contributed by atoms with van der Waals surface area (Å²) in [5, 5.41) is 8.92. The van der Waals surface area contributed by atoms with Crippen LogP contribution in [0.1, 0.15) is 24.0 Å². The third-order valence-electron chi connectivity index (χ3n) is 4.58. The standard InChI is InChI=1S/C19H20FN3O3S/c1-14-9-17(4-5-18(14)20)27(24,25)23-8-2-3-16(12-23)13-26-19-10-15(11-21)6-7-22-19/h4-7,9-10,16H,2-3,8,12-13H2,1H3. The van der Waals surface area contributed by atoms with Crippen LogP contribution in [0.3, 0.4) is 0 Å². The molecule has 1 saturated heterocycles. The van der Waals surface area contributed by atoms with Gasteiger partial charge in [-0.3, -0.25) is 0 Å². The second-order valence-corrected chi connectivity index (χ2v) is 8.53. The number of piperidine rings is 1. The van der Waals surface area contributed by atoms with Crippen LogP contribution in [0.25, 0.3) is 0 Å². The van der Waals surface area contributed by atoms with E-state index in [1.807, 2.05) is 6.07 Å². The fourth-order valence-electron chi connectivity index (χ4n) is 3.07. The van der Waals surface area contributed by atoms with E-state index in [2.05, 4.69) is 4.98 Å². The number of halogens is 1. The highest BCUT2D eigenvalue weighted by Crippen LogP contribution is 2.25. The molecular weight excluding hydrogens is 369 g/mol. The van der Waals surface area contributed by atoms with Crippen LogP contribution >= 0.6 is 0 Å². The lowest BCUT2D eigenvalue weighted by atomic mass is 10.0. The molecular formula is C19H20FN3O3S. The van der Waals surface area contributed by atoms with Crippen LogP contribution in [0.15, 0.2) is 41.4 Å². The Kier molecular flexibility index (Phi) is 5.73. The van der Waals surface area contributed by atoms with Gasteiger partial charge >= 0.3 is 0 Å². The SMILES string of the molecule is Cc1cc(S(=O)(=O)N2CCCC(COc3cc(C#N)ccn3)C2)ccc1F. The zero-order valence-corrected chi connectivity index (χ0v) is 15.7. The summed E-state index contributed by atoms with van der Waals surface area (Å²) in [4.78, 5) is 4.17. The highest BCUT2D eigenvalue weighted by molar-refractivity contribution is 7.89. The molecule has 8 heteroatoms. The largest absolute Gasteiger partial charge is 0.477 e. The molecule has 1 fully saturated rings. The molecule has 3 rings (SSSR count). The van der Waals surface area contributed by atoms with E-state index in [4.69, 9.17) is 10.00 Å². The van der Waals surface area contributed by atoms with Gasteiger partial charge in [-0.05, 0) is 49.6 Å². The molecule has 1 aromatic heterocycles. The van der Waals surface area contributed by atoms with Gasteiger partial charge in [-0.25, -0.2) is 17.8 Å². The van der Waals surface area contributed by atoms with Gasteiger partial charge in [0, 0.05) is 31.3 Å². The predicted molar refractivity (Wildman–Crippen MR) is 97.1 cm³/mol. The van der Waals surface area contributed by atoms with Crippen molar-refractivity contribution in [2.24, 2.45) is 5.92 Å². The summed E-state index contributed by atoms with van der Waals surface area (Å²) in [6.07, 6.45) is 3.06. The van der Waals surface area contributed by atoms with Crippen molar-refractivity contribution in [1.29, 1.82) is 5.26 Å². The first-order chi connectivity index (χ1) is 12.9. The first kappa shape index (κ1) is 19.3. The van der Waals surface area contributed by atoms with Gasteiger partial charge in [-0.15, -0.1) is 0 Å². The van der Waals surface area contributed by atoms with Gasteiger partial charge in [0.05, 0.1) is 23.1 Å². The molecule has 0 saturated carbocycles. The summed E-state index contributed by atoms with van der Waals surface area (Å²) < 4.78 is 46.3. The number of ether oxygens (including phenoxy) is 1. The summed E-state index contributed by atoms with van der Waals surface area (Å²) in [6.45, 7) is 2.62. The second kappa shape index (κ2) is 8.03. The molecule has 0 spiro atoms. The van der Waals surface area contributed by atoms with Gasteiger partial charge in [0.15, 0.2) is 0 Å². The smallest absolute Gasteiger partial charge is 0.243 e. The van der Waals surface area contributed by atoms with Gasteiger partial charge in [0.2, 0.25) is 15.9 Å². The first-order valence-electron chi connectivity index (χ1n) is 8.65. The molecule has 1 aliphatic heterocycles. The molecule has 0 N–H and O–H groups in total. The molecule has 27 heavy (non-hydrogen) atoms. The van der Waals surface area contributed by atoms with Crippen molar-refractivity contribution >= 4 is 10.0 Å². The van der Waals surface area contributed by atoms with E-state index in [9.17, 15) is 12.8 Å². The number of hydrogen-bond donors (Lipinski definition) is 0. The van der Waals surface area contributed by atoms with Crippen LogP contribution in [0.5, 0.6) is 5.88 Å². The maximum Gasteiger partial charge on any atom is 0.243 e. The Bertz CT molecular complexity index is 972. The Morgan fingerprint density at radius 1 is 1.37 bits per heavy atom. The molecule has 1 atom stereocenters. The summed E-state index contributed by atoms with van der Waals surface area (Å²) in [5.74, 6) is -0.0585. The molecule has 142 valence electrons. The van der Waals surface area contributed by atoms with E-state index >= 15 is 0 Å². The zero-order valence-electron chi connectivity index (χ0n) is 14.9. The Morgan fingerprint density at radius 2 is 2.19 bits per heavy atom. The normalized spacial score (nSPS) is 18.0. The highest BCUT2D eigenvalue weighted by Gasteiger charge is 2.31. The fourth-order valence-corrected chi connectivity index (χ4v) is 4.71. The lowest BCUT2D eigenvalue weighted by molar-refractivity contribution is 0.176. The molecule has 0 aliphatic carbocycles. The minimum absolute atomic E-state index is 0.0163. The molecule has 1 unspecified atom stereocenters. The Morgan fingerprint density at radius 3 is 2.93 bits per heavy atom. The average molecular weight is 389 g/mol. The minimum atomic E-state index is -3.68. The maximum atomic E-state index is 13.5. The average Bonchev–Trinajstić information content (AvgIpc) is 2.68. The van der Waals surface area contributed by atoms with Crippen molar-refractivity contribution in [3.63, 3.8) is 0 Å². The quantitative estimate of drug-likeness (QED) is 0.785. The number of nitrogens with zero attached hydrogens (tertiary/aromatic N) is 3. The zero-order chi connectivity index (χ0) is 19.4. The number of sulfonamides is 1. The van der Waals surface area contributed by atoms with Crippen LogP contribution in [0.2, 0.25) is 0 Å². The first-order valence-corrected chi connectivity index (χ1v) is 10.1. The maximum absolute atomic E-state index is 13.5. The Labute approximate surface area is 158 Å². The molecule has 1 aliphatic rings. The van der Waals surface area contributed by atoms with E-state index in [0.717, 1.165) is 12.8 Å². The topological polar surface area (TPSA) is 83.3 Å². The molecule has 1 aromatic carbocycles. The third-order valence-corrected chi connectivity index (χ3v) is 6.44. The lowest BCUT2D eigenvalue weighted by Gasteiger charge is -2.31. The number of benzene rings is 1. The second-order valence-electron chi connectivity index (χ2n) is 6.59. The molecule has 6 nitrogen and oxygen atoms in total. The van der Waals surface area contributed by atoms with Crippen molar-refractivity contribution < 1.29 is 17.5 Å². The van der Waals surface area contributed by atoms with Gasteiger partial charge in [-0.2, -0.15) is 9.57 Å². The van der Waals surface area contributed by atoms with E-state index in [0.29, 0.717) is 36.7 Å². The summed E-state index contributed by atoms with van der Waals surface area (Å²) in [5.41, 5.74) is 0.760. The van der Waals surface area contributed by atoms with Crippen LogP contribution < -0.4 is 4.74 Å². The van der Waals surface area contributed by atoms with E-state index in [-0.39, 0.29) is 10.8 Å². The summed E-state index contributed by atoms with van der Waals surface area (Å²) >= 11 is 0. The van der Waals surface area contributed by atoms with Crippen molar-refractivity contribution in [2.75, 3.05) is 19.7 Å². The van der Waals surface area contributed by atoms with Crippen molar-refractivity contribution in [1.82, 2.24) is 9.29 Å².